The van der Waals surface area contributed by atoms with Gasteiger partial charge in [-0.15, -0.1) is 0 Å². The van der Waals surface area contributed by atoms with Crippen LogP contribution in [0.1, 0.15) is 20.8 Å². The summed E-state index contributed by atoms with van der Waals surface area (Å²) in [6.45, 7) is 7.47. The fourth-order valence-corrected chi connectivity index (χ4v) is 2.23. The van der Waals surface area contributed by atoms with E-state index in [1.54, 1.807) is 0 Å². The lowest BCUT2D eigenvalue weighted by Crippen LogP contribution is -2.35. The minimum atomic E-state index is -3.84. The van der Waals surface area contributed by atoms with Gasteiger partial charge in [0.25, 0.3) is 0 Å². The number of hydrogen-bond donors (Lipinski definition) is 2. The van der Waals surface area contributed by atoms with E-state index in [1.165, 1.54) is 0 Å². The molecule has 0 rings (SSSR count). The van der Waals surface area contributed by atoms with Crippen LogP contribution in [-0.4, -0.2) is 40.0 Å². The maximum Gasteiger partial charge on any atom is 0.327 e. The average molecular weight is 195 g/mol. The van der Waals surface area contributed by atoms with Gasteiger partial charge in [-0.3, -0.25) is 4.57 Å². The third kappa shape index (κ3) is 4.88. The van der Waals surface area contributed by atoms with Crippen LogP contribution in [0.25, 0.3) is 0 Å². The zero-order valence-corrected chi connectivity index (χ0v) is 8.79. The van der Waals surface area contributed by atoms with Gasteiger partial charge in [0.2, 0.25) is 0 Å². The molecule has 0 spiro atoms. The fourth-order valence-electron chi connectivity index (χ4n) is 1.31. The van der Waals surface area contributed by atoms with Gasteiger partial charge in [0.1, 0.15) is 0 Å². The first kappa shape index (κ1) is 12.1. The van der Waals surface area contributed by atoms with Gasteiger partial charge in [-0.05, 0) is 20.0 Å². The molecule has 0 heterocycles. The molecule has 0 saturated carbocycles. The highest BCUT2D eigenvalue weighted by molar-refractivity contribution is 7.51. The average Bonchev–Trinajstić information content (AvgIpc) is 1.85. The Balaban J connectivity index is 4.01. The van der Waals surface area contributed by atoms with E-state index in [9.17, 15) is 4.57 Å². The molecule has 0 aromatic heterocycles. The maximum atomic E-state index is 10.6. The van der Waals surface area contributed by atoms with Crippen LogP contribution >= 0.6 is 7.60 Å². The van der Waals surface area contributed by atoms with Crippen molar-refractivity contribution < 1.29 is 14.4 Å². The molecule has 2 N–H and O–H groups in total. The quantitative estimate of drug-likeness (QED) is 0.640. The third-order valence-electron chi connectivity index (χ3n) is 1.94. The van der Waals surface area contributed by atoms with E-state index in [1.807, 2.05) is 25.7 Å². The molecular formula is C7H18NO3P. The van der Waals surface area contributed by atoms with Crippen molar-refractivity contribution in [1.82, 2.24) is 4.90 Å². The van der Waals surface area contributed by atoms with E-state index >= 15 is 0 Å². The molecular weight excluding hydrogens is 177 g/mol. The van der Waals surface area contributed by atoms with Crippen LogP contribution in [-0.2, 0) is 4.57 Å². The molecule has 0 fully saturated rings. The van der Waals surface area contributed by atoms with Crippen molar-refractivity contribution >= 4 is 7.60 Å². The first-order chi connectivity index (χ1) is 5.40. The van der Waals surface area contributed by atoms with E-state index in [0.717, 1.165) is 13.1 Å². The minimum Gasteiger partial charge on any atom is -0.324 e. The number of hydrogen-bond acceptors (Lipinski definition) is 2. The van der Waals surface area contributed by atoms with Gasteiger partial charge in [-0.1, -0.05) is 13.8 Å². The molecule has 0 aromatic rings. The van der Waals surface area contributed by atoms with Gasteiger partial charge in [0, 0.05) is 6.04 Å². The Morgan fingerprint density at radius 3 is 2.00 bits per heavy atom. The molecule has 4 nitrogen and oxygen atoms in total. The van der Waals surface area contributed by atoms with Crippen molar-refractivity contribution in [2.45, 2.75) is 26.8 Å². The topological polar surface area (TPSA) is 60.8 Å². The monoisotopic (exact) mass is 195 g/mol. The summed E-state index contributed by atoms with van der Waals surface area (Å²) in [5.74, 6) is 0. The van der Waals surface area contributed by atoms with Gasteiger partial charge in [0.05, 0.1) is 6.16 Å². The Bertz CT molecular complexity index is 164. The molecule has 1 atom stereocenters. The lowest BCUT2D eigenvalue weighted by Gasteiger charge is -2.26. The highest BCUT2D eigenvalue weighted by atomic mass is 31.2. The first-order valence-electron chi connectivity index (χ1n) is 4.19. The Kier molecular flexibility index (Phi) is 5.02. The van der Waals surface area contributed by atoms with E-state index in [4.69, 9.17) is 9.79 Å². The molecule has 0 amide bonds. The molecule has 12 heavy (non-hydrogen) atoms. The van der Waals surface area contributed by atoms with Gasteiger partial charge in [-0.2, -0.15) is 0 Å². The summed E-state index contributed by atoms with van der Waals surface area (Å²) in [5, 5.41) is 0. The molecule has 0 saturated heterocycles. The molecule has 0 aliphatic heterocycles. The van der Waals surface area contributed by atoms with Crippen LogP contribution in [0, 0.1) is 0 Å². The van der Waals surface area contributed by atoms with E-state index in [2.05, 4.69) is 0 Å². The summed E-state index contributed by atoms with van der Waals surface area (Å²) < 4.78 is 10.6. The van der Waals surface area contributed by atoms with Crippen LogP contribution in [0.5, 0.6) is 0 Å². The summed E-state index contributed by atoms with van der Waals surface area (Å²) in [6.07, 6.45) is -0.0469. The summed E-state index contributed by atoms with van der Waals surface area (Å²) in [6, 6.07) is -0.0409. The van der Waals surface area contributed by atoms with Gasteiger partial charge in [-0.25, -0.2) is 0 Å². The van der Waals surface area contributed by atoms with Crippen molar-refractivity contribution in [2.75, 3.05) is 19.3 Å². The van der Waals surface area contributed by atoms with Crippen LogP contribution in [0.2, 0.25) is 0 Å². The largest absolute Gasteiger partial charge is 0.327 e. The summed E-state index contributed by atoms with van der Waals surface area (Å²) in [7, 11) is -3.84. The first-order valence-corrected chi connectivity index (χ1v) is 5.99. The highest BCUT2D eigenvalue weighted by Crippen LogP contribution is 2.35. The Hall–Kier alpha value is 0.110. The van der Waals surface area contributed by atoms with Gasteiger partial charge in [0.15, 0.2) is 0 Å². The smallest absolute Gasteiger partial charge is 0.324 e. The minimum absolute atomic E-state index is 0.0409. The summed E-state index contributed by atoms with van der Waals surface area (Å²) >= 11 is 0. The zero-order chi connectivity index (χ0) is 9.78. The second kappa shape index (κ2) is 4.97. The molecule has 0 aliphatic rings. The van der Waals surface area contributed by atoms with Crippen LogP contribution in [0.4, 0.5) is 0 Å². The van der Waals surface area contributed by atoms with Crippen molar-refractivity contribution in [2.24, 2.45) is 0 Å². The molecule has 0 aliphatic carbocycles. The highest BCUT2D eigenvalue weighted by Gasteiger charge is 2.21. The fraction of sp³-hybridized carbons (Fsp3) is 1.00. The van der Waals surface area contributed by atoms with Gasteiger partial charge < -0.3 is 14.7 Å². The van der Waals surface area contributed by atoms with Crippen LogP contribution < -0.4 is 0 Å². The second-order valence-electron chi connectivity index (χ2n) is 2.92. The molecule has 0 bridgehead atoms. The molecule has 74 valence electrons. The van der Waals surface area contributed by atoms with E-state index < -0.39 is 7.60 Å². The van der Waals surface area contributed by atoms with E-state index in [0.29, 0.717) is 0 Å². The second-order valence-corrected chi connectivity index (χ2v) is 4.61. The zero-order valence-electron chi connectivity index (χ0n) is 7.90. The Morgan fingerprint density at radius 2 is 1.75 bits per heavy atom. The van der Waals surface area contributed by atoms with Crippen LogP contribution in [0.15, 0.2) is 0 Å². The molecule has 0 radical (unpaired) electrons. The lowest BCUT2D eigenvalue weighted by molar-refractivity contribution is 0.238. The molecule has 0 aromatic carbocycles. The maximum absolute atomic E-state index is 10.6. The predicted octanol–water partition coefficient (Wildman–Crippen LogP) is 0.894. The summed E-state index contributed by atoms with van der Waals surface area (Å²) in [5.41, 5.74) is 0. The SMILES string of the molecule is CCN(CC)C(C)CP(=O)(O)O. The normalized spacial score (nSPS) is 15.2. The molecule has 1 unspecified atom stereocenters. The van der Waals surface area contributed by atoms with Crippen LogP contribution in [0.3, 0.4) is 0 Å². The summed E-state index contributed by atoms with van der Waals surface area (Å²) in [4.78, 5) is 19.5. The van der Waals surface area contributed by atoms with Crippen molar-refractivity contribution in [1.29, 1.82) is 0 Å². The Morgan fingerprint density at radius 1 is 1.33 bits per heavy atom. The lowest BCUT2D eigenvalue weighted by atomic mass is 10.3. The van der Waals surface area contributed by atoms with Crippen molar-refractivity contribution in [3.63, 3.8) is 0 Å². The van der Waals surface area contributed by atoms with Crippen molar-refractivity contribution in [3.05, 3.63) is 0 Å². The van der Waals surface area contributed by atoms with E-state index in [-0.39, 0.29) is 12.2 Å². The van der Waals surface area contributed by atoms with Crippen molar-refractivity contribution in [3.8, 4) is 0 Å². The third-order valence-corrected chi connectivity index (χ3v) is 2.94. The number of rotatable bonds is 5. The Labute approximate surface area is 73.7 Å². The number of nitrogens with zero attached hydrogens (tertiary/aromatic N) is 1. The standard InChI is InChI=1S/C7H18NO3P/c1-4-8(5-2)7(3)6-12(9,10)11/h7H,4-6H2,1-3H3,(H2,9,10,11). The molecule has 5 heteroatoms. The van der Waals surface area contributed by atoms with Gasteiger partial charge >= 0.3 is 7.60 Å². The predicted molar refractivity (Wildman–Crippen MR) is 49.3 cm³/mol.